The molecule has 5 nitrogen and oxygen atoms in total. The summed E-state index contributed by atoms with van der Waals surface area (Å²) in [5.41, 5.74) is 2.24. The highest BCUT2D eigenvalue weighted by molar-refractivity contribution is 6.30. The standard InChI is InChI=1S/C24H26ClN3O2/c25-21-10-8-20(9-11-21)24-26-22(30-27-24)12-13-23(29)28-16-14-19(15-17-28)7-6-18-4-2-1-3-5-18/h1-5,8-11,19H,6-7,12-17H2. The first kappa shape index (κ1) is 20.6. The summed E-state index contributed by atoms with van der Waals surface area (Å²) in [6, 6.07) is 17.9. The fraction of sp³-hybridized carbons (Fsp3) is 0.375. The van der Waals surface area contributed by atoms with E-state index in [1.807, 2.05) is 17.0 Å². The lowest BCUT2D eigenvalue weighted by molar-refractivity contribution is -0.132. The van der Waals surface area contributed by atoms with E-state index in [-0.39, 0.29) is 5.91 Å². The average molecular weight is 424 g/mol. The number of piperidine rings is 1. The van der Waals surface area contributed by atoms with Gasteiger partial charge in [0.15, 0.2) is 0 Å². The van der Waals surface area contributed by atoms with Crippen molar-refractivity contribution in [3.05, 3.63) is 71.1 Å². The molecule has 0 atom stereocenters. The minimum absolute atomic E-state index is 0.169. The van der Waals surface area contributed by atoms with E-state index < -0.39 is 0 Å². The number of rotatable bonds is 7. The van der Waals surface area contributed by atoms with Crippen LogP contribution in [0.25, 0.3) is 11.4 Å². The van der Waals surface area contributed by atoms with E-state index in [2.05, 4.69) is 40.5 Å². The molecule has 0 saturated carbocycles. The Morgan fingerprint density at radius 2 is 1.77 bits per heavy atom. The van der Waals surface area contributed by atoms with Crippen LogP contribution in [0.2, 0.25) is 5.02 Å². The first-order valence-electron chi connectivity index (χ1n) is 10.6. The van der Waals surface area contributed by atoms with E-state index in [4.69, 9.17) is 16.1 Å². The van der Waals surface area contributed by atoms with E-state index >= 15 is 0 Å². The summed E-state index contributed by atoms with van der Waals surface area (Å²) in [6.07, 6.45) is 5.35. The second-order valence-corrected chi connectivity index (χ2v) is 8.30. The van der Waals surface area contributed by atoms with Gasteiger partial charge in [0, 0.05) is 36.5 Å². The molecule has 0 aliphatic carbocycles. The number of carbonyl (C=O) groups is 1. The zero-order chi connectivity index (χ0) is 20.8. The highest BCUT2D eigenvalue weighted by atomic mass is 35.5. The highest BCUT2D eigenvalue weighted by Gasteiger charge is 2.23. The van der Waals surface area contributed by atoms with Crippen LogP contribution in [-0.2, 0) is 17.6 Å². The van der Waals surface area contributed by atoms with Gasteiger partial charge in [0.2, 0.25) is 17.6 Å². The Bertz CT molecular complexity index is 948. The number of aryl methyl sites for hydroxylation is 2. The molecule has 1 aromatic heterocycles. The van der Waals surface area contributed by atoms with Crippen LogP contribution in [0.4, 0.5) is 0 Å². The van der Waals surface area contributed by atoms with Crippen molar-refractivity contribution in [3.63, 3.8) is 0 Å². The van der Waals surface area contributed by atoms with Gasteiger partial charge in [0.1, 0.15) is 0 Å². The Balaban J connectivity index is 1.20. The second-order valence-electron chi connectivity index (χ2n) is 7.87. The summed E-state index contributed by atoms with van der Waals surface area (Å²) < 4.78 is 5.31. The van der Waals surface area contributed by atoms with Gasteiger partial charge in [0.05, 0.1) is 0 Å². The topological polar surface area (TPSA) is 59.2 Å². The van der Waals surface area contributed by atoms with Gasteiger partial charge >= 0.3 is 0 Å². The summed E-state index contributed by atoms with van der Waals surface area (Å²) in [5, 5.41) is 4.67. The molecule has 0 unspecified atom stereocenters. The molecule has 6 heteroatoms. The Kier molecular flexibility index (Phi) is 6.80. The molecular formula is C24H26ClN3O2. The molecule has 1 aliphatic rings. The minimum Gasteiger partial charge on any atom is -0.343 e. The van der Waals surface area contributed by atoms with Crippen LogP contribution in [0, 0.1) is 5.92 Å². The molecule has 1 fully saturated rings. The molecule has 3 aromatic rings. The van der Waals surface area contributed by atoms with Gasteiger partial charge in [-0.25, -0.2) is 0 Å². The SMILES string of the molecule is O=C(CCc1nc(-c2ccc(Cl)cc2)no1)N1CCC(CCc2ccccc2)CC1. The summed E-state index contributed by atoms with van der Waals surface area (Å²) in [6.45, 7) is 1.69. The Labute approximate surface area is 182 Å². The molecule has 0 spiro atoms. The normalized spacial score (nSPS) is 14.8. The lowest BCUT2D eigenvalue weighted by Crippen LogP contribution is -2.38. The molecule has 2 heterocycles. The number of hydrogen-bond donors (Lipinski definition) is 0. The average Bonchev–Trinajstić information content (AvgIpc) is 3.27. The Morgan fingerprint density at radius 3 is 2.50 bits per heavy atom. The third-order valence-corrected chi connectivity index (χ3v) is 6.03. The van der Waals surface area contributed by atoms with E-state index in [9.17, 15) is 4.79 Å². The van der Waals surface area contributed by atoms with Gasteiger partial charge in [-0.3, -0.25) is 4.79 Å². The van der Waals surface area contributed by atoms with Crippen LogP contribution in [0.1, 0.15) is 37.1 Å². The molecule has 0 radical (unpaired) electrons. The third-order valence-electron chi connectivity index (χ3n) is 5.77. The minimum atomic E-state index is 0.169. The van der Waals surface area contributed by atoms with Gasteiger partial charge in [0.25, 0.3) is 0 Å². The lowest BCUT2D eigenvalue weighted by atomic mass is 9.90. The molecule has 1 aliphatic heterocycles. The smallest absolute Gasteiger partial charge is 0.227 e. The van der Waals surface area contributed by atoms with Crippen molar-refractivity contribution in [2.45, 2.75) is 38.5 Å². The first-order chi connectivity index (χ1) is 14.7. The fourth-order valence-electron chi connectivity index (χ4n) is 3.93. The van der Waals surface area contributed by atoms with Crippen molar-refractivity contribution < 1.29 is 9.32 Å². The van der Waals surface area contributed by atoms with Gasteiger partial charge < -0.3 is 9.42 Å². The molecule has 0 N–H and O–H groups in total. The summed E-state index contributed by atoms with van der Waals surface area (Å²) in [5.74, 6) is 1.88. The van der Waals surface area contributed by atoms with Crippen LogP contribution >= 0.6 is 11.6 Å². The second kappa shape index (κ2) is 9.90. The van der Waals surface area contributed by atoms with E-state index in [1.54, 1.807) is 12.1 Å². The van der Waals surface area contributed by atoms with E-state index in [1.165, 1.54) is 12.0 Å². The van der Waals surface area contributed by atoms with Gasteiger partial charge in [-0.2, -0.15) is 4.98 Å². The summed E-state index contributed by atoms with van der Waals surface area (Å²) >= 11 is 5.91. The molecule has 1 saturated heterocycles. The number of carbonyl (C=O) groups excluding carboxylic acids is 1. The number of benzene rings is 2. The number of aromatic nitrogens is 2. The van der Waals surface area contributed by atoms with Crippen molar-refractivity contribution in [1.29, 1.82) is 0 Å². The Hall–Kier alpha value is -2.66. The quantitative estimate of drug-likeness (QED) is 0.524. The van der Waals surface area contributed by atoms with Crippen LogP contribution < -0.4 is 0 Å². The largest absolute Gasteiger partial charge is 0.343 e. The molecular weight excluding hydrogens is 398 g/mol. The zero-order valence-electron chi connectivity index (χ0n) is 17.0. The molecule has 30 heavy (non-hydrogen) atoms. The molecule has 0 bridgehead atoms. The maximum Gasteiger partial charge on any atom is 0.227 e. The predicted octanol–water partition coefficient (Wildman–Crippen LogP) is 5.19. The number of nitrogens with zero attached hydrogens (tertiary/aromatic N) is 3. The fourth-order valence-corrected chi connectivity index (χ4v) is 4.06. The maximum absolute atomic E-state index is 12.6. The van der Waals surface area contributed by atoms with Crippen molar-refractivity contribution >= 4 is 17.5 Å². The van der Waals surface area contributed by atoms with Crippen molar-refractivity contribution in [2.75, 3.05) is 13.1 Å². The summed E-state index contributed by atoms with van der Waals surface area (Å²) in [4.78, 5) is 19.0. The third kappa shape index (κ3) is 5.48. The molecule has 4 rings (SSSR count). The first-order valence-corrected chi connectivity index (χ1v) is 11.0. The maximum atomic E-state index is 12.6. The van der Waals surface area contributed by atoms with Gasteiger partial charge in [-0.1, -0.05) is 47.1 Å². The molecule has 156 valence electrons. The van der Waals surface area contributed by atoms with E-state index in [0.717, 1.165) is 37.9 Å². The number of amides is 1. The highest BCUT2D eigenvalue weighted by Crippen LogP contribution is 2.23. The van der Waals surface area contributed by atoms with Crippen LogP contribution in [0.3, 0.4) is 0 Å². The Morgan fingerprint density at radius 1 is 1.03 bits per heavy atom. The number of hydrogen-bond acceptors (Lipinski definition) is 4. The van der Waals surface area contributed by atoms with Gasteiger partial charge in [-0.15, -0.1) is 0 Å². The predicted molar refractivity (Wildman–Crippen MR) is 117 cm³/mol. The molecule has 2 aromatic carbocycles. The van der Waals surface area contributed by atoms with Crippen molar-refractivity contribution in [3.8, 4) is 11.4 Å². The van der Waals surface area contributed by atoms with E-state index in [0.29, 0.717) is 35.5 Å². The van der Waals surface area contributed by atoms with Gasteiger partial charge in [-0.05, 0) is 61.4 Å². The van der Waals surface area contributed by atoms with Crippen LogP contribution in [-0.4, -0.2) is 34.0 Å². The monoisotopic (exact) mass is 423 g/mol. The zero-order valence-corrected chi connectivity index (χ0v) is 17.7. The molecule has 1 amide bonds. The van der Waals surface area contributed by atoms with Crippen molar-refractivity contribution in [1.82, 2.24) is 15.0 Å². The van der Waals surface area contributed by atoms with Crippen LogP contribution in [0.5, 0.6) is 0 Å². The van der Waals surface area contributed by atoms with Crippen molar-refractivity contribution in [2.24, 2.45) is 5.92 Å². The number of likely N-dealkylation sites (tertiary alicyclic amines) is 1. The number of halogens is 1. The summed E-state index contributed by atoms with van der Waals surface area (Å²) in [7, 11) is 0. The lowest BCUT2D eigenvalue weighted by Gasteiger charge is -2.32. The van der Waals surface area contributed by atoms with Crippen LogP contribution in [0.15, 0.2) is 59.1 Å².